The van der Waals surface area contributed by atoms with E-state index in [1.165, 1.54) is 23.0 Å². The number of nitrogens with zero attached hydrogens (tertiary/aromatic N) is 3. The van der Waals surface area contributed by atoms with Crippen LogP contribution in [0.15, 0.2) is 30.5 Å². The maximum atomic E-state index is 12.3. The number of benzene rings is 1. The van der Waals surface area contributed by atoms with Gasteiger partial charge in [0.05, 0.1) is 12.2 Å². The van der Waals surface area contributed by atoms with Gasteiger partial charge in [0.2, 0.25) is 0 Å². The highest BCUT2D eigenvalue weighted by Crippen LogP contribution is 2.39. The van der Waals surface area contributed by atoms with Gasteiger partial charge in [0.15, 0.2) is 5.69 Å². The molecule has 1 heterocycles. The van der Waals surface area contributed by atoms with Gasteiger partial charge < -0.3 is 9.84 Å². The van der Waals surface area contributed by atoms with Crippen LogP contribution in [0.3, 0.4) is 0 Å². The molecule has 6 nitrogen and oxygen atoms in total. The summed E-state index contributed by atoms with van der Waals surface area (Å²) in [6.07, 6.45) is -0.696. The first-order chi connectivity index (χ1) is 11.8. The predicted octanol–water partition coefficient (Wildman–Crippen LogP) is 3.77. The van der Waals surface area contributed by atoms with Crippen molar-refractivity contribution in [2.45, 2.75) is 44.0 Å². The molecule has 1 fully saturated rings. The molecule has 3 rings (SSSR count). The van der Waals surface area contributed by atoms with Crippen LogP contribution in [-0.2, 0) is 0 Å². The Morgan fingerprint density at radius 3 is 2.60 bits per heavy atom. The largest absolute Gasteiger partial charge is 0.573 e. The number of halogens is 3. The number of carbonyl (C=O) groups is 1. The lowest BCUT2D eigenvalue weighted by molar-refractivity contribution is -0.274. The number of alkyl halides is 3. The molecule has 1 N–H and O–H groups in total. The van der Waals surface area contributed by atoms with Crippen LogP contribution in [0.25, 0.3) is 0 Å². The fourth-order valence-corrected chi connectivity index (χ4v) is 3.29. The smallest absolute Gasteiger partial charge is 0.476 e. The zero-order valence-electron chi connectivity index (χ0n) is 13.1. The van der Waals surface area contributed by atoms with E-state index in [1.807, 2.05) is 0 Å². The van der Waals surface area contributed by atoms with Crippen molar-refractivity contribution in [1.29, 1.82) is 0 Å². The van der Waals surface area contributed by atoms with Crippen LogP contribution in [0.4, 0.5) is 13.2 Å². The summed E-state index contributed by atoms with van der Waals surface area (Å²) in [5.41, 5.74) is 0.835. The maximum Gasteiger partial charge on any atom is 0.573 e. The Morgan fingerprint density at radius 1 is 1.24 bits per heavy atom. The Labute approximate surface area is 141 Å². The molecule has 0 aliphatic heterocycles. The second-order valence-corrected chi connectivity index (χ2v) is 5.99. The maximum absolute atomic E-state index is 12.3. The molecule has 0 spiro atoms. The van der Waals surface area contributed by atoms with E-state index in [0.29, 0.717) is 12.8 Å². The lowest BCUT2D eigenvalue weighted by Crippen LogP contribution is -2.22. The van der Waals surface area contributed by atoms with Crippen molar-refractivity contribution in [3.63, 3.8) is 0 Å². The molecule has 25 heavy (non-hydrogen) atoms. The van der Waals surface area contributed by atoms with Crippen LogP contribution in [-0.4, -0.2) is 32.4 Å². The molecule has 1 aromatic carbocycles. The highest BCUT2D eigenvalue weighted by Gasteiger charge is 2.32. The molecule has 1 saturated carbocycles. The number of aromatic carboxylic acids is 1. The Kier molecular flexibility index (Phi) is 4.65. The number of hydrogen-bond donors (Lipinski definition) is 1. The molecule has 1 aliphatic rings. The van der Waals surface area contributed by atoms with Crippen molar-refractivity contribution >= 4 is 5.97 Å². The van der Waals surface area contributed by atoms with Crippen LogP contribution >= 0.6 is 0 Å². The van der Waals surface area contributed by atoms with Gasteiger partial charge >= 0.3 is 12.3 Å². The van der Waals surface area contributed by atoms with E-state index < -0.39 is 12.3 Å². The Morgan fingerprint density at radius 2 is 1.96 bits per heavy atom. The number of carboxylic acids is 1. The zero-order valence-corrected chi connectivity index (χ0v) is 13.1. The summed E-state index contributed by atoms with van der Waals surface area (Å²) in [6, 6.07) is 5.95. The second kappa shape index (κ2) is 6.73. The van der Waals surface area contributed by atoms with Gasteiger partial charge in [-0.3, -0.25) is 0 Å². The summed E-state index contributed by atoms with van der Waals surface area (Å²) < 4.78 is 42.4. The zero-order chi connectivity index (χ0) is 18.0. The Hall–Kier alpha value is -2.58. The van der Waals surface area contributed by atoms with E-state index >= 15 is 0 Å². The first kappa shape index (κ1) is 17.2. The molecular weight excluding hydrogens is 339 g/mol. The number of carboxylic acid groups (broad SMARTS) is 1. The summed E-state index contributed by atoms with van der Waals surface area (Å²) in [4.78, 5) is 11.2. The normalized spacial score (nSPS) is 21.1. The highest BCUT2D eigenvalue weighted by molar-refractivity contribution is 5.85. The van der Waals surface area contributed by atoms with E-state index in [1.54, 1.807) is 12.1 Å². The van der Waals surface area contributed by atoms with Crippen LogP contribution in [0, 0.1) is 0 Å². The average molecular weight is 355 g/mol. The predicted molar refractivity (Wildman–Crippen MR) is 80.4 cm³/mol. The monoisotopic (exact) mass is 355 g/mol. The van der Waals surface area contributed by atoms with Crippen LogP contribution < -0.4 is 4.74 Å². The molecule has 0 unspecified atom stereocenters. The molecule has 0 radical (unpaired) electrons. The summed E-state index contributed by atoms with van der Waals surface area (Å²) in [7, 11) is 0. The van der Waals surface area contributed by atoms with Crippen molar-refractivity contribution in [3.05, 3.63) is 41.7 Å². The van der Waals surface area contributed by atoms with Gasteiger partial charge in [-0.1, -0.05) is 17.3 Å². The topological polar surface area (TPSA) is 77.2 Å². The third-order valence-electron chi connectivity index (χ3n) is 4.40. The standard InChI is InChI=1S/C16H16F3N3O3/c17-16(18,19)25-13-3-1-2-11(8-13)10-4-6-12(7-5-10)22-14(15(23)24)9-20-21-22/h1-3,8-10,12H,4-7H2,(H,23,24). The van der Waals surface area contributed by atoms with Crippen LogP contribution in [0.1, 0.15) is 53.7 Å². The van der Waals surface area contributed by atoms with Crippen molar-refractivity contribution in [1.82, 2.24) is 15.0 Å². The third kappa shape index (κ3) is 4.09. The van der Waals surface area contributed by atoms with Gasteiger partial charge in [-0.05, 0) is 49.3 Å². The fraction of sp³-hybridized carbons (Fsp3) is 0.438. The molecule has 0 saturated heterocycles. The SMILES string of the molecule is O=C(O)c1cnnn1C1CCC(c2cccc(OC(F)(F)F)c2)CC1. The Bertz CT molecular complexity index is 752. The molecule has 9 heteroatoms. The summed E-state index contributed by atoms with van der Waals surface area (Å²) in [5.74, 6) is -1.20. The summed E-state index contributed by atoms with van der Waals surface area (Å²) in [5, 5.41) is 16.6. The Balaban J connectivity index is 1.67. The van der Waals surface area contributed by atoms with Gasteiger partial charge in [0.1, 0.15) is 5.75 Å². The minimum absolute atomic E-state index is 0.0454. The van der Waals surface area contributed by atoms with E-state index in [0.717, 1.165) is 18.4 Å². The van der Waals surface area contributed by atoms with Crippen molar-refractivity contribution in [2.75, 3.05) is 0 Å². The van der Waals surface area contributed by atoms with Gasteiger partial charge in [0, 0.05) is 0 Å². The number of aromatic nitrogens is 3. The van der Waals surface area contributed by atoms with Crippen molar-refractivity contribution < 1.29 is 27.8 Å². The highest BCUT2D eigenvalue weighted by atomic mass is 19.4. The molecule has 0 bridgehead atoms. The molecule has 2 aromatic rings. The van der Waals surface area contributed by atoms with E-state index in [2.05, 4.69) is 15.0 Å². The molecule has 1 aromatic heterocycles. The minimum Gasteiger partial charge on any atom is -0.476 e. The van der Waals surface area contributed by atoms with Crippen LogP contribution in [0.5, 0.6) is 5.75 Å². The number of hydrogen-bond acceptors (Lipinski definition) is 4. The van der Waals surface area contributed by atoms with Crippen LogP contribution in [0.2, 0.25) is 0 Å². The van der Waals surface area contributed by atoms with E-state index in [-0.39, 0.29) is 23.4 Å². The quantitative estimate of drug-likeness (QED) is 0.903. The fourth-order valence-electron chi connectivity index (χ4n) is 3.29. The molecule has 134 valence electrons. The third-order valence-corrected chi connectivity index (χ3v) is 4.40. The average Bonchev–Trinajstić information content (AvgIpc) is 3.03. The molecule has 1 aliphatic carbocycles. The number of ether oxygens (including phenoxy) is 1. The molecule has 0 amide bonds. The molecular formula is C16H16F3N3O3. The van der Waals surface area contributed by atoms with Gasteiger partial charge in [-0.15, -0.1) is 18.3 Å². The van der Waals surface area contributed by atoms with Gasteiger partial charge in [-0.25, -0.2) is 9.48 Å². The lowest BCUT2D eigenvalue weighted by atomic mass is 9.81. The van der Waals surface area contributed by atoms with E-state index in [9.17, 15) is 18.0 Å². The van der Waals surface area contributed by atoms with Gasteiger partial charge in [0.25, 0.3) is 0 Å². The minimum atomic E-state index is -4.71. The summed E-state index contributed by atoms with van der Waals surface area (Å²) in [6.45, 7) is 0. The first-order valence-corrected chi connectivity index (χ1v) is 7.82. The number of rotatable bonds is 4. The first-order valence-electron chi connectivity index (χ1n) is 7.82. The lowest BCUT2D eigenvalue weighted by Gasteiger charge is -2.29. The summed E-state index contributed by atoms with van der Waals surface area (Å²) >= 11 is 0. The van der Waals surface area contributed by atoms with Crippen molar-refractivity contribution in [3.8, 4) is 5.75 Å². The molecule has 0 atom stereocenters. The van der Waals surface area contributed by atoms with Gasteiger partial charge in [-0.2, -0.15) is 0 Å². The van der Waals surface area contributed by atoms with Crippen molar-refractivity contribution in [2.24, 2.45) is 0 Å². The second-order valence-electron chi connectivity index (χ2n) is 5.99. The van der Waals surface area contributed by atoms with E-state index in [4.69, 9.17) is 5.11 Å².